The summed E-state index contributed by atoms with van der Waals surface area (Å²) >= 11 is 0. The summed E-state index contributed by atoms with van der Waals surface area (Å²) in [6, 6.07) is 6.38. The zero-order valence-electron chi connectivity index (χ0n) is 12.1. The first-order chi connectivity index (χ1) is 11.4. The van der Waals surface area contributed by atoms with E-state index in [4.69, 9.17) is 0 Å². The molecule has 9 heteroatoms. The van der Waals surface area contributed by atoms with E-state index in [0.717, 1.165) is 21.1 Å². The lowest BCUT2D eigenvalue weighted by Crippen LogP contribution is -2.49. The van der Waals surface area contributed by atoms with Crippen LogP contribution in [0.3, 0.4) is 0 Å². The van der Waals surface area contributed by atoms with E-state index < -0.39 is 23.4 Å². The van der Waals surface area contributed by atoms with Crippen LogP contribution in [0.5, 0.6) is 0 Å². The maximum atomic E-state index is 14.6. The molecule has 2 aromatic rings. The number of allylic oxidation sites excluding steroid dienone is 2. The molecule has 0 saturated carbocycles. The van der Waals surface area contributed by atoms with Gasteiger partial charge in [0.05, 0.1) is 10.5 Å². The molecule has 0 amide bonds. The molecule has 0 bridgehead atoms. The van der Waals surface area contributed by atoms with Gasteiger partial charge in [0.25, 0.3) is 0 Å². The van der Waals surface area contributed by atoms with Crippen molar-refractivity contribution in [3.8, 4) is 0 Å². The molecule has 24 heavy (non-hydrogen) atoms. The van der Waals surface area contributed by atoms with Crippen molar-refractivity contribution in [3.63, 3.8) is 0 Å². The molecule has 0 saturated heterocycles. The monoisotopic (exact) mass is 331 g/mol. The quantitative estimate of drug-likeness (QED) is 0.482. The summed E-state index contributed by atoms with van der Waals surface area (Å²) in [4.78, 5) is 10.1. The van der Waals surface area contributed by atoms with Gasteiger partial charge in [-0.1, -0.05) is 6.07 Å². The van der Waals surface area contributed by atoms with Crippen LogP contribution < -0.4 is 0 Å². The Hall–Kier alpha value is -3.10. The van der Waals surface area contributed by atoms with Crippen LogP contribution in [0.4, 0.5) is 18.7 Å². The molecule has 4 rings (SSSR count). The standard InChI is InChI=1S/C15H9BF3N3O2/c17-11-6-5-10(9-14(11)22(23)24)15-12-3-1-7-20(12)16(18,19)21-8-2-4-13(15)21/h1-9H. The Bertz CT molecular complexity index is 992. The molecule has 2 aliphatic rings. The van der Waals surface area contributed by atoms with E-state index in [1.807, 2.05) is 0 Å². The Morgan fingerprint density at radius 3 is 2.79 bits per heavy atom. The molecule has 3 heterocycles. The lowest BCUT2D eigenvalue weighted by atomic mass is 9.86. The second kappa shape index (κ2) is 4.70. The normalized spacial score (nSPS) is 17.5. The van der Waals surface area contributed by atoms with E-state index in [1.54, 1.807) is 0 Å². The zero-order chi connectivity index (χ0) is 17.1. The molecule has 5 nitrogen and oxygen atoms in total. The van der Waals surface area contributed by atoms with Gasteiger partial charge in [0.2, 0.25) is 5.82 Å². The second-order valence-corrected chi connectivity index (χ2v) is 5.49. The molecular weight excluding hydrogens is 322 g/mol. The van der Waals surface area contributed by atoms with Gasteiger partial charge in [-0.3, -0.25) is 10.1 Å². The van der Waals surface area contributed by atoms with Crippen molar-refractivity contribution in [1.82, 2.24) is 4.48 Å². The summed E-state index contributed by atoms with van der Waals surface area (Å²) in [6.07, 6.45) is 5.51. The van der Waals surface area contributed by atoms with Crippen LogP contribution in [0.2, 0.25) is 0 Å². The van der Waals surface area contributed by atoms with Crippen LogP contribution in [0, 0.1) is 15.9 Å². The second-order valence-electron chi connectivity index (χ2n) is 5.49. The minimum absolute atomic E-state index is 0.229. The van der Waals surface area contributed by atoms with Crippen LogP contribution in [0.15, 0.2) is 54.4 Å². The Labute approximate surface area is 133 Å². The minimum Gasteiger partial charge on any atom is -0.396 e. The average molecular weight is 331 g/mol. The summed E-state index contributed by atoms with van der Waals surface area (Å²) in [6.45, 7) is -4.04. The fraction of sp³-hybridized carbons (Fsp3) is 0. The summed E-state index contributed by atoms with van der Waals surface area (Å²) in [5.74, 6) is -0.972. The van der Waals surface area contributed by atoms with Crippen molar-refractivity contribution in [3.05, 3.63) is 81.6 Å². The third-order valence-electron chi connectivity index (χ3n) is 4.17. The molecule has 2 aliphatic heterocycles. The SMILES string of the molecule is O=[N+]([O-])c1cc(C2=C3C=CC=[N+]3[B-](F)(F)n3cccc32)ccc1F. The number of rotatable bonds is 2. The molecule has 0 radical (unpaired) electrons. The smallest absolute Gasteiger partial charge is 0.396 e. The number of nitrogens with zero attached hydrogens (tertiary/aromatic N) is 3. The number of hydrogen-bond acceptors (Lipinski definition) is 2. The highest BCUT2D eigenvalue weighted by Crippen LogP contribution is 2.39. The van der Waals surface area contributed by atoms with E-state index in [1.165, 1.54) is 42.8 Å². The number of nitro groups is 1. The third-order valence-corrected chi connectivity index (χ3v) is 4.17. The predicted molar refractivity (Wildman–Crippen MR) is 82.3 cm³/mol. The summed E-state index contributed by atoms with van der Waals surface area (Å²) in [7, 11) is 0. The lowest BCUT2D eigenvalue weighted by Gasteiger charge is -2.30. The van der Waals surface area contributed by atoms with Gasteiger partial charge >= 0.3 is 12.7 Å². The minimum atomic E-state index is -4.04. The first-order valence-corrected chi connectivity index (χ1v) is 7.09. The van der Waals surface area contributed by atoms with Gasteiger partial charge in [0, 0.05) is 23.9 Å². The maximum Gasteiger partial charge on any atom is 0.737 e. The van der Waals surface area contributed by atoms with Crippen LogP contribution in [0.1, 0.15) is 11.3 Å². The van der Waals surface area contributed by atoms with Crippen molar-refractivity contribution in [2.45, 2.75) is 0 Å². The fourth-order valence-electron chi connectivity index (χ4n) is 3.12. The van der Waals surface area contributed by atoms with Crippen molar-refractivity contribution < 1.29 is 22.4 Å². The number of benzene rings is 1. The number of nitro benzene ring substituents is 1. The van der Waals surface area contributed by atoms with E-state index in [-0.39, 0.29) is 11.4 Å². The van der Waals surface area contributed by atoms with Crippen LogP contribution in [0.25, 0.3) is 5.57 Å². The maximum absolute atomic E-state index is 14.6. The van der Waals surface area contributed by atoms with Crippen molar-refractivity contribution in [2.24, 2.45) is 0 Å². The van der Waals surface area contributed by atoms with Gasteiger partial charge in [-0.05, 0) is 30.0 Å². The van der Waals surface area contributed by atoms with Crippen LogP contribution in [-0.4, -0.2) is 27.1 Å². The number of halogens is 3. The summed E-state index contributed by atoms with van der Waals surface area (Å²) in [5, 5.41) is 11.0. The van der Waals surface area contributed by atoms with E-state index in [0.29, 0.717) is 11.1 Å². The number of hydrogen-bond donors (Lipinski definition) is 0. The highest BCUT2D eigenvalue weighted by molar-refractivity contribution is 6.57. The lowest BCUT2D eigenvalue weighted by molar-refractivity contribution is -0.387. The fourth-order valence-corrected chi connectivity index (χ4v) is 3.12. The highest BCUT2D eigenvalue weighted by Gasteiger charge is 2.51. The molecule has 0 aliphatic carbocycles. The molecule has 0 atom stereocenters. The summed E-state index contributed by atoms with van der Waals surface area (Å²) < 4.78 is 44.5. The Morgan fingerprint density at radius 1 is 1.25 bits per heavy atom. The molecule has 120 valence electrons. The van der Waals surface area contributed by atoms with E-state index in [9.17, 15) is 23.1 Å². The third kappa shape index (κ3) is 1.81. The molecule has 0 spiro atoms. The van der Waals surface area contributed by atoms with Crippen LogP contribution >= 0.6 is 0 Å². The van der Waals surface area contributed by atoms with E-state index >= 15 is 0 Å². The topological polar surface area (TPSA) is 51.1 Å². The molecular formula is C15H9BF3N3O2. The van der Waals surface area contributed by atoms with Crippen molar-refractivity contribution in [1.29, 1.82) is 0 Å². The van der Waals surface area contributed by atoms with Crippen molar-refractivity contribution >= 4 is 24.4 Å². The molecule has 0 N–H and O–H groups in total. The Balaban J connectivity index is 2.02. The van der Waals surface area contributed by atoms with Gasteiger partial charge in [-0.25, -0.2) is 0 Å². The molecule has 0 fully saturated rings. The molecule has 0 unspecified atom stereocenters. The van der Waals surface area contributed by atoms with Gasteiger partial charge in [-0.2, -0.15) is 4.39 Å². The van der Waals surface area contributed by atoms with Gasteiger partial charge < -0.3 is 17.6 Å². The van der Waals surface area contributed by atoms with Gasteiger partial charge in [-0.15, -0.1) is 0 Å². The Kier molecular flexibility index (Phi) is 2.84. The predicted octanol–water partition coefficient (Wildman–Crippen LogP) is 3.18. The van der Waals surface area contributed by atoms with Crippen molar-refractivity contribution in [2.75, 3.05) is 0 Å². The molecule has 1 aromatic heterocycles. The average Bonchev–Trinajstić information content (AvgIpc) is 3.18. The summed E-state index contributed by atoms with van der Waals surface area (Å²) in [5.41, 5.74) is 0.452. The Morgan fingerprint density at radius 2 is 2.04 bits per heavy atom. The van der Waals surface area contributed by atoms with Gasteiger partial charge in [0.15, 0.2) is 5.70 Å². The van der Waals surface area contributed by atoms with Gasteiger partial charge in [0.1, 0.15) is 6.21 Å². The van der Waals surface area contributed by atoms with E-state index in [2.05, 4.69) is 0 Å². The number of fused-ring (bicyclic) bond motifs is 2. The largest absolute Gasteiger partial charge is 0.737 e. The first-order valence-electron chi connectivity index (χ1n) is 7.09. The number of aromatic nitrogens is 1. The highest BCUT2D eigenvalue weighted by atomic mass is 19.2. The first kappa shape index (κ1) is 14.5. The zero-order valence-corrected chi connectivity index (χ0v) is 12.1. The van der Waals surface area contributed by atoms with Crippen LogP contribution in [-0.2, 0) is 0 Å². The molecule has 1 aromatic carbocycles.